The Morgan fingerprint density at radius 3 is 3.17 bits per heavy atom. The van der Waals surface area contributed by atoms with Crippen LogP contribution in [0.1, 0.15) is 12.1 Å². The van der Waals surface area contributed by atoms with Crippen LogP contribution in [-0.2, 0) is 0 Å². The van der Waals surface area contributed by atoms with Crippen molar-refractivity contribution in [3.63, 3.8) is 0 Å². The van der Waals surface area contributed by atoms with E-state index in [1.165, 1.54) is 6.42 Å². The van der Waals surface area contributed by atoms with E-state index in [-0.39, 0.29) is 0 Å². The van der Waals surface area contributed by atoms with Gasteiger partial charge in [-0.1, -0.05) is 0 Å². The predicted octanol–water partition coefficient (Wildman–Crippen LogP) is 0.970. The third-order valence-electron chi connectivity index (χ3n) is 2.26. The van der Waals surface area contributed by atoms with Gasteiger partial charge in [-0.3, -0.25) is 5.10 Å². The molecule has 0 aliphatic carbocycles. The summed E-state index contributed by atoms with van der Waals surface area (Å²) in [6.45, 7) is 4.15. The lowest BCUT2D eigenvalue weighted by atomic mass is 10.3. The van der Waals surface area contributed by atoms with Crippen LogP contribution in [-0.4, -0.2) is 30.3 Å². The van der Waals surface area contributed by atoms with Crippen molar-refractivity contribution in [1.29, 1.82) is 0 Å². The molecule has 12 heavy (non-hydrogen) atoms. The molecule has 4 nitrogen and oxygen atoms in total. The molecule has 0 radical (unpaired) electrons. The number of fused-ring (bicyclic) bond motifs is 1. The van der Waals surface area contributed by atoms with Crippen molar-refractivity contribution in [1.82, 2.24) is 10.2 Å². The van der Waals surface area contributed by atoms with Gasteiger partial charge in [-0.15, -0.1) is 0 Å². The minimum Gasteiger partial charge on any atom is -0.380 e. The molecule has 4 heteroatoms. The third-order valence-corrected chi connectivity index (χ3v) is 2.26. The van der Waals surface area contributed by atoms with Crippen LogP contribution >= 0.6 is 0 Å². The van der Waals surface area contributed by atoms with E-state index >= 15 is 0 Å². The summed E-state index contributed by atoms with van der Waals surface area (Å²) in [5.41, 5.74) is 2.29. The second-order valence-corrected chi connectivity index (χ2v) is 3.25. The molecule has 0 bridgehead atoms. The van der Waals surface area contributed by atoms with E-state index in [2.05, 4.69) is 27.5 Å². The predicted molar refractivity (Wildman–Crippen MR) is 49.7 cm³/mol. The van der Waals surface area contributed by atoms with Crippen LogP contribution in [0.5, 0.6) is 0 Å². The van der Waals surface area contributed by atoms with Crippen LogP contribution in [0.4, 0.5) is 11.5 Å². The van der Waals surface area contributed by atoms with Gasteiger partial charge in [-0.05, 0) is 13.3 Å². The van der Waals surface area contributed by atoms with Crippen molar-refractivity contribution in [2.75, 3.05) is 30.4 Å². The lowest BCUT2D eigenvalue weighted by molar-refractivity contribution is 0.818. The van der Waals surface area contributed by atoms with Crippen molar-refractivity contribution < 1.29 is 0 Å². The normalized spacial score (nSPS) is 16.7. The van der Waals surface area contributed by atoms with Crippen molar-refractivity contribution in [2.45, 2.75) is 13.3 Å². The molecule has 0 spiro atoms. The molecule has 0 amide bonds. The Hall–Kier alpha value is -1.19. The molecule has 0 saturated carbocycles. The number of nitrogens with one attached hydrogen (secondary N) is 2. The van der Waals surface area contributed by atoms with Gasteiger partial charge in [-0.25, -0.2) is 0 Å². The first-order chi connectivity index (χ1) is 5.79. The molecule has 2 heterocycles. The maximum atomic E-state index is 4.24. The average Bonchev–Trinajstić information content (AvgIpc) is 2.30. The summed E-state index contributed by atoms with van der Waals surface area (Å²) in [5, 5.41) is 10.6. The fourth-order valence-corrected chi connectivity index (χ4v) is 1.54. The number of anilines is 2. The zero-order valence-electron chi connectivity index (χ0n) is 7.52. The van der Waals surface area contributed by atoms with Gasteiger partial charge in [0.05, 0.1) is 11.4 Å². The quantitative estimate of drug-likeness (QED) is 0.603. The highest BCUT2D eigenvalue weighted by Gasteiger charge is 2.16. The van der Waals surface area contributed by atoms with Gasteiger partial charge in [0.1, 0.15) is 0 Å². The molecule has 66 valence electrons. The van der Waals surface area contributed by atoms with E-state index in [9.17, 15) is 0 Å². The Balaban J connectivity index is 2.41. The number of aromatic amines is 1. The molecule has 0 saturated heterocycles. The van der Waals surface area contributed by atoms with Crippen LogP contribution in [0.2, 0.25) is 0 Å². The molecule has 1 aliphatic heterocycles. The van der Waals surface area contributed by atoms with E-state index < -0.39 is 0 Å². The Bertz CT molecular complexity index is 279. The van der Waals surface area contributed by atoms with Gasteiger partial charge < -0.3 is 10.2 Å². The SMILES string of the molecule is Cc1[nH]nc2c1NCCCN2C. The minimum absolute atomic E-state index is 1.04. The molecular formula is C8H14N4. The first kappa shape index (κ1) is 7.46. The topological polar surface area (TPSA) is 44.0 Å². The monoisotopic (exact) mass is 166 g/mol. The molecule has 0 fully saturated rings. The van der Waals surface area contributed by atoms with Crippen molar-refractivity contribution >= 4 is 11.5 Å². The molecule has 1 aromatic heterocycles. The molecule has 2 N–H and O–H groups in total. The second-order valence-electron chi connectivity index (χ2n) is 3.25. The average molecular weight is 166 g/mol. The summed E-state index contributed by atoms with van der Waals surface area (Å²) in [5.74, 6) is 1.05. The first-order valence-electron chi connectivity index (χ1n) is 4.29. The smallest absolute Gasteiger partial charge is 0.173 e. The Morgan fingerprint density at radius 1 is 1.50 bits per heavy atom. The molecule has 0 aromatic carbocycles. The van der Waals surface area contributed by atoms with Gasteiger partial charge in [0.2, 0.25) is 0 Å². The van der Waals surface area contributed by atoms with Crippen LogP contribution in [0.3, 0.4) is 0 Å². The summed E-state index contributed by atoms with van der Waals surface area (Å²) in [6.07, 6.45) is 1.17. The maximum Gasteiger partial charge on any atom is 0.173 e. The van der Waals surface area contributed by atoms with Gasteiger partial charge in [0.25, 0.3) is 0 Å². The number of hydrogen-bond acceptors (Lipinski definition) is 3. The van der Waals surface area contributed by atoms with Gasteiger partial charge in [0, 0.05) is 20.1 Å². The Labute approximate surface area is 72.0 Å². The summed E-state index contributed by atoms with van der Waals surface area (Å²) in [6, 6.07) is 0. The van der Waals surface area contributed by atoms with E-state index in [4.69, 9.17) is 0 Å². The number of hydrogen-bond donors (Lipinski definition) is 2. The van der Waals surface area contributed by atoms with Crippen molar-refractivity contribution in [3.05, 3.63) is 5.69 Å². The third kappa shape index (κ3) is 1.03. The molecule has 1 aliphatic rings. The van der Waals surface area contributed by atoms with Gasteiger partial charge in [-0.2, -0.15) is 5.10 Å². The van der Waals surface area contributed by atoms with Crippen LogP contribution in [0.15, 0.2) is 0 Å². The standard InChI is InChI=1S/C8H14N4/c1-6-7-8(11-10-6)12(2)5-3-4-9-7/h9H,3-5H2,1-2H3,(H,10,11). The van der Waals surface area contributed by atoms with Gasteiger partial charge in [0.15, 0.2) is 5.82 Å². The zero-order chi connectivity index (χ0) is 8.55. The van der Waals surface area contributed by atoms with Crippen LogP contribution in [0.25, 0.3) is 0 Å². The lowest BCUT2D eigenvalue weighted by Gasteiger charge is -2.13. The highest BCUT2D eigenvalue weighted by atomic mass is 15.3. The molecule has 0 unspecified atom stereocenters. The Kier molecular flexibility index (Phi) is 1.67. The van der Waals surface area contributed by atoms with E-state index in [1.807, 2.05) is 6.92 Å². The van der Waals surface area contributed by atoms with Crippen LogP contribution < -0.4 is 10.2 Å². The largest absolute Gasteiger partial charge is 0.380 e. The Morgan fingerprint density at radius 2 is 2.33 bits per heavy atom. The summed E-state index contributed by atoms with van der Waals surface area (Å²) >= 11 is 0. The van der Waals surface area contributed by atoms with Crippen LogP contribution in [0, 0.1) is 6.92 Å². The number of aromatic nitrogens is 2. The first-order valence-corrected chi connectivity index (χ1v) is 4.29. The fraction of sp³-hybridized carbons (Fsp3) is 0.625. The van der Waals surface area contributed by atoms with E-state index in [0.717, 1.165) is 30.3 Å². The number of aryl methyl sites for hydroxylation is 1. The lowest BCUT2D eigenvalue weighted by Crippen LogP contribution is -2.17. The second kappa shape index (κ2) is 2.69. The number of rotatable bonds is 0. The summed E-state index contributed by atoms with van der Waals surface area (Å²) in [7, 11) is 2.08. The highest BCUT2D eigenvalue weighted by molar-refractivity contribution is 5.68. The zero-order valence-corrected chi connectivity index (χ0v) is 7.52. The summed E-state index contributed by atoms with van der Waals surface area (Å²) < 4.78 is 0. The van der Waals surface area contributed by atoms with Gasteiger partial charge >= 0.3 is 0 Å². The molecule has 0 atom stereocenters. The maximum absolute atomic E-state index is 4.24. The number of H-pyrrole nitrogens is 1. The summed E-state index contributed by atoms with van der Waals surface area (Å²) in [4.78, 5) is 2.18. The number of nitrogens with zero attached hydrogens (tertiary/aromatic N) is 2. The van der Waals surface area contributed by atoms with Crippen molar-refractivity contribution in [2.24, 2.45) is 0 Å². The van der Waals surface area contributed by atoms with Crippen molar-refractivity contribution in [3.8, 4) is 0 Å². The molecule has 2 rings (SSSR count). The molecule has 1 aromatic rings. The molecular weight excluding hydrogens is 152 g/mol. The van der Waals surface area contributed by atoms with E-state index in [1.54, 1.807) is 0 Å². The van der Waals surface area contributed by atoms with E-state index in [0.29, 0.717) is 0 Å². The minimum atomic E-state index is 1.04. The fourth-order valence-electron chi connectivity index (χ4n) is 1.54. The highest BCUT2D eigenvalue weighted by Crippen LogP contribution is 2.27.